The smallest absolute Gasteiger partial charge is 0.352 e. The van der Waals surface area contributed by atoms with E-state index in [0.29, 0.717) is 10.8 Å². The monoisotopic (exact) mass is 438 g/mol. The molecule has 6 heteroatoms. The maximum atomic E-state index is 13.4. The molecule has 2 atom stereocenters. The molecule has 5 heterocycles. The molecule has 0 aliphatic carbocycles. The molecule has 31 heavy (non-hydrogen) atoms. The number of fused-ring (bicyclic) bond motifs is 3. The van der Waals surface area contributed by atoms with Gasteiger partial charge in [-0.2, -0.15) is 0 Å². The van der Waals surface area contributed by atoms with Crippen molar-refractivity contribution in [1.82, 2.24) is 0 Å². The molecule has 6 rings (SSSR count). The SMILES string of the molecule is O=C(O[C@H]1C[N+]2(CCc3ccccc3)CCC1CC2)C(O)(c1ccco1)c1cccs1. The van der Waals surface area contributed by atoms with Crippen LogP contribution in [-0.4, -0.2) is 47.8 Å². The Hall–Kier alpha value is -2.41. The highest BCUT2D eigenvalue weighted by Gasteiger charge is 2.51. The lowest BCUT2D eigenvalue weighted by molar-refractivity contribution is -0.946. The second kappa shape index (κ2) is 8.26. The Labute approximate surface area is 186 Å². The van der Waals surface area contributed by atoms with E-state index < -0.39 is 11.6 Å². The van der Waals surface area contributed by atoms with Gasteiger partial charge in [0.25, 0.3) is 5.60 Å². The molecular formula is C25H28NO4S+. The van der Waals surface area contributed by atoms with Crippen LogP contribution in [0.15, 0.2) is 70.7 Å². The molecule has 0 amide bonds. The van der Waals surface area contributed by atoms with Gasteiger partial charge in [0.1, 0.15) is 6.54 Å². The molecule has 2 aromatic heterocycles. The van der Waals surface area contributed by atoms with Gasteiger partial charge in [0.2, 0.25) is 0 Å². The highest BCUT2D eigenvalue weighted by molar-refractivity contribution is 7.10. The van der Waals surface area contributed by atoms with Gasteiger partial charge in [-0.15, -0.1) is 11.3 Å². The summed E-state index contributed by atoms with van der Waals surface area (Å²) in [7, 11) is 0. The zero-order valence-electron chi connectivity index (χ0n) is 17.5. The molecule has 1 aromatic carbocycles. The van der Waals surface area contributed by atoms with Gasteiger partial charge in [-0.1, -0.05) is 36.4 Å². The first-order valence-electron chi connectivity index (χ1n) is 11.0. The average molecular weight is 439 g/mol. The fourth-order valence-electron chi connectivity index (χ4n) is 5.19. The molecule has 3 aliphatic rings. The molecule has 2 bridgehead atoms. The van der Waals surface area contributed by atoms with Gasteiger partial charge in [0.05, 0.1) is 30.8 Å². The summed E-state index contributed by atoms with van der Waals surface area (Å²) in [5.74, 6) is -0.0658. The Morgan fingerprint density at radius 1 is 1.13 bits per heavy atom. The van der Waals surface area contributed by atoms with Crippen molar-refractivity contribution in [3.8, 4) is 0 Å². The Morgan fingerprint density at radius 3 is 2.61 bits per heavy atom. The lowest BCUT2D eigenvalue weighted by atomic mass is 9.82. The van der Waals surface area contributed by atoms with E-state index in [1.807, 2.05) is 17.5 Å². The van der Waals surface area contributed by atoms with Crippen LogP contribution >= 0.6 is 11.3 Å². The maximum Gasteiger partial charge on any atom is 0.352 e. The number of benzene rings is 1. The van der Waals surface area contributed by atoms with Crippen molar-refractivity contribution in [1.29, 1.82) is 0 Å². The molecule has 3 aliphatic heterocycles. The summed E-state index contributed by atoms with van der Waals surface area (Å²) in [5, 5.41) is 13.3. The number of aliphatic hydroxyl groups is 1. The first-order valence-corrected chi connectivity index (χ1v) is 11.9. The van der Waals surface area contributed by atoms with E-state index in [1.54, 1.807) is 18.2 Å². The van der Waals surface area contributed by atoms with E-state index in [-0.39, 0.29) is 11.9 Å². The van der Waals surface area contributed by atoms with Crippen LogP contribution in [0.3, 0.4) is 0 Å². The minimum atomic E-state index is -1.90. The minimum absolute atomic E-state index is 0.174. The first kappa shape index (κ1) is 20.5. The molecule has 3 fully saturated rings. The highest BCUT2D eigenvalue weighted by atomic mass is 32.1. The predicted octanol–water partition coefficient (Wildman–Crippen LogP) is 3.97. The van der Waals surface area contributed by atoms with E-state index >= 15 is 0 Å². The van der Waals surface area contributed by atoms with Gasteiger partial charge < -0.3 is 18.7 Å². The number of esters is 1. The molecule has 0 spiro atoms. The van der Waals surface area contributed by atoms with Crippen molar-refractivity contribution < 1.29 is 23.5 Å². The van der Waals surface area contributed by atoms with Crippen LogP contribution in [0.25, 0.3) is 0 Å². The van der Waals surface area contributed by atoms with Crippen molar-refractivity contribution in [3.63, 3.8) is 0 Å². The molecule has 3 saturated heterocycles. The first-order chi connectivity index (χ1) is 15.1. The van der Waals surface area contributed by atoms with Crippen molar-refractivity contribution in [3.05, 3.63) is 82.4 Å². The summed E-state index contributed by atoms with van der Waals surface area (Å²) in [4.78, 5) is 13.9. The molecule has 5 nitrogen and oxygen atoms in total. The van der Waals surface area contributed by atoms with E-state index in [2.05, 4.69) is 24.3 Å². The van der Waals surface area contributed by atoms with E-state index in [1.165, 1.54) is 23.2 Å². The van der Waals surface area contributed by atoms with Crippen LogP contribution in [0.4, 0.5) is 0 Å². The number of quaternary nitrogens is 1. The van der Waals surface area contributed by atoms with Crippen LogP contribution in [0, 0.1) is 5.92 Å². The van der Waals surface area contributed by atoms with Crippen LogP contribution in [-0.2, 0) is 21.6 Å². The summed E-state index contributed by atoms with van der Waals surface area (Å²) in [6, 6.07) is 17.5. The minimum Gasteiger partial charge on any atom is -0.465 e. The Bertz CT molecular complexity index is 957. The maximum absolute atomic E-state index is 13.4. The molecule has 0 saturated carbocycles. The lowest BCUT2D eigenvalue weighted by Crippen LogP contribution is -2.65. The third-order valence-electron chi connectivity index (χ3n) is 7.07. The second-order valence-corrected chi connectivity index (χ2v) is 9.82. The van der Waals surface area contributed by atoms with Crippen molar-refractivity contribution in [2.45, 2.75) is 31.0 Å². The zero-order chi connectivity index (χ0) is 21.3. The van der Waals surface area contributed by atoms with Crippen molar-refractivity contribution in [2.75, 3.05) is 26.2 Å². The summed E-state index contributed by atoms with van der Waals surface area (Å²) in [5.41, 5.74) is -0.556. The van der Waals surface area contributed by atoms with E-state index in [0.717, 1.165) is 49.9 Å². The second-order valence-electron chi connectivity index (χ2n) is 8.88. The van der Waals surface area contributed by atoms with Crippen LogP contribution in [0.5, 0.6) is 0 Å². The summed E-state index contributed by atoms with van der Waals surface area (Å²) in [6.45, 7) is 4.15. The average Bonchev–Trinajstić information content (AvgIpc) is 3.54. The Morgan fingerprint density at radius 2 is 1.94 bits per heavy atom. The van der Waals surface area contributed by atoms with E-state index in [4.69, 9.17) is 9.15 Å². The summed E-state index contributed by atoms with van der Waals surface area (Å²) >= 11 is 1.32. The van der Waals surface area contributed by atoms with Gasteiger partial charge in [0, 0.05) is 25.2 Å². The Kier molecular flexibility index (Phi) is 5.46. The number of furan rings is 1. The molecular weight excluding hydrogens is 410 g/mol. The fraction of sp³-hybridized carbons (Fsp3) is 0.400. The van der Waals surface area contributed by atoms with Gasteiger partial charge >= 0.3 is 5.97 Å². The quantitative estimate of drug-likeness (QED) is 0.448. The topological polar surface area (TPSA) is 59.7 Å². The van der Waals surface area contributed by atoms with E-state index in [9.17, 15) is 9.90 Å². The molecule has 3 aromatic rings. The fourth-order valence-corrected chi connectivity index (χ4v) is 6.01. The standard InChI is InChI=1S/C25H28NO4S/c27-24(25(28,22-8-4-16-29-22)23-9-5-17-31-23)30-21-18-26(14-11-20(21)12-15-26)13-10-19-6-2-1-3-7-19/h1-9,16-17,20-21,28H,10-15,18H2/q+1/t20?,21-,25?,26?/m0/s1. The van der Waals surface area contributed by atoms with Gasteiger partial charge in [-0.25, -0.2) is 4.79 Å². The summed E-state index contributed by atoms with van der Waals surface area (Å²) < 4.78 is 12.5. The molecule has 1 unspecified atom stereocenters. The van der Waals surface area contributed by atoms with Gasteiger partial charge in [0.15, 0.2) is 11.9 Å². The Balaban J connectivity index is 1.33. The number of hydrogen-bond donors (Lipinski definition) is 1. The number of rotatable bonds is 7. The van der Waals surface area contributed by atoms with Gasteiger partial charge in [-0.05, 0) is 29.1 Å². The van der Waals surface area contributed by atoms with Crippen LogP contribution in [0.1, 0.15) is 29.0 Å². The number of thiophene rings is 1. The van der Waals surface area contributed by atoms with Crippen molar-refractivity contribution >= 4 is 17.3 Å². The third-order valence-corrected chi connectivity index (χ3v) is 8.05. The third kappa shape index (κ3) is 3.84. The zero-order valence-corrected chi connectivity index (χ0v) is 18.3. The van der Waals surface area contributed by atoms with Crippen LogP contribution < -0.4 is 0 Å². The number of nitrogens with zero attached hydrogens (tertiary/aromatic N) is 1. The van der Waals surface area contributed by atoms with Crippen molar-refractivity contribution in [2.24, 2.45) is 5.92 Å². The van der Waals surface area contributed by atoms with Crippen LogP contribution in [0.2, 0.25) is 0 Å². The number of hydrogen-bond acceptors (Lipinski definition) is 5. The lowest BCUT2D eigenvalue weighted by Gasteiger charge is -2.52. The normalized spacial score (nSPS) is 27.0. The number of carbonyl (C=O) groups is 1. The highest BCUT2D eigenvalue weighted by Crippen LogP contribution is 2.39. The largest absolute Gasteiger partial charge is 0.465 e. The number of carbonyl (C=O) groups excluding carboxylic acids is 1. The molecule has 0 radical (unpaired) electrons. The predicted molar refractivity (Wildman–Crippen MR) is 119 cm³/mol. The molecule has 162 valence electrons. The molecule has 1 N–H and O–H groups in total. The van der Waals surface area contributed by atoms with Gasteiger partial charge in [-0.3, -0.25) is 0 Å². The number of piperidine rings is 3. The number of ether oxygens (including phenoxy) is 1. The summed E-state index contributed by atoms with van der Waals surface area (Å²) in [6.07, 6.45) is 4.44.